The SMILES string of the molecule is Cc1ccc(-c2cc(F)cc(Cl)c2)cc1O. The van der Waals surface area contributed by atoms with Crippen LogP contribution in [0.1, 0.15) is 5.56 Å². The summed E-state index contributed by atoms with van der Waals surface area (Å²) in [6.07, 6.45) is 0. The Morgan fingerprint density at radius 2 is 1.81 bits per heavy atom. The maximum atomic E-state index is 13.1. The molecule has 0 saturated carbocycles. The maximum absolute atomic E-state index is 13.1. The second kappa shape index (κ2) is 4.14. The second-order valence-electron chi connectivity index (χ2n) is 3.66. The Labute approximate surface area is 98.1 Å². The van der Waals surface area contributed by atoms with E-state index in [-0.39, 0.29) is 11.6 Å². The number of benzene rings is 2. The molecule has 2 rings (SSSR count). The first-order valence-electron chi connectivity index (χ1n) is 4.82. The summed E-state index contributed by atoms with van der Waals surface area (Å²) in [6, 6.07) is 9.49. The van der Waals surface area contributed by atoms with Crippen LogP contribution in [0.4, 0.5) is 4.39 Å². The molecule has 1 nitrogen and oxygen atoms in total. The number of phenols is 1. The Balaban J connectivity index is 2.54. The van der Waals surface area contributed by atoms with Crippen LogP contribution in [-0.2, 0) is 0 Å². The highest BCUT2D eigenvalue weighted by Crippen LogP contribution is 2.28. The van der Waals surface area contributed by atoms with Gasteiger partial charge in [-0.15, -0.1) is 0 Å². The Morgan fingerprint density at radius 1 is 1.06 bits per heavy atom. The monoisotopic (exact) mass is 236 g/mol. The zero-order valence-corrected chi connectivity index (χ0v) is 9.42. The predicted molar refractivity (Wildman–Crippen MR) is 63.2 cm³/mol. The van der Waals surface area contributed by atoms with Gasteiger partial charge in [0.15, 0.2) is 0 Å². The number of hydrogen-bond acceptors (Lipinski definition) is 1. The lowest BCUT2D eigenvalue weighted by molar-refractivity contribution is 0.471. The topological polar surface area (TPSA) is 20.2 Å². The van der Waals surface area contributed by atoms with Crippen LogP contribution in [0.2, 0.25) is 5.02 Å². The highest BCUT2D eigenvalue weighted by molar-refractivity contribution is 6.30. The Kier molecular flexibility index (Phi) is 2.84. The first-order chi connectivity index (χ1) is 7.56. The minimum Gasteiger partial charge on any atom is -0.508 e. The Morgan fingerprint density at radius 3 is 2.44 bits per heavy atom. The maximum Gasteiger partial charge on any atom is 0.125 e. The number of phenolic OH excluding ortho intramolecular Hbond substituents is 1. The van der Waals surface area contributed by atoms with Crippen LogP contribution < -0.4 is 0 Å². The van der Waals surface area contributed by atoms with Crippen molar-refractivity contribution in [3.8, 4) is 16.9 Å². The minimum atomic E-state index is -0.387. The summed E-state index contributed by atoms with van der Waals surface area (Å²) >= 11 is 5.77. The van der Waals surface area contributed by atoms with Crippen molar-refractivity contribution in [2.75, 3.05) is 0 Å². The van der Waals surface area contributed by atoms with E-state index in [1.165, 1.54) is 12.1 Å². The fraction of sp³-hybridized carbons (Fsp3) is 0.0769. The van der Waals surface area contributed by atoms with E-state index < -0.39 is 0 Å². The highest BCUT2D eigenvalue weighted by Gasteiger charge is 2.04. The number of aromatic hydroxyl groups is 1. The molecule has 16 heavy (non-hydrogen) atoms. The summed E-state index contributed by atoms with van der Waals surface area (Å²) in [4.78, 5) is 0. The van der Waals surface area contributed by atoms with Gasteiger partial charge in [0.1, 0.15) is 11.6 Å². The largest absolute Gasteiger partial charge is 0.508 e. The van der Waals surface area contributed by atoms with Crippen LogP contribution in [-0.4, -0.2) is 5.11 Å². The fourth-order valence-electron chi connectivity index (χ4n) is 1.51. The van der Waals surface area contributed by atoms with Crippen molar-refractivity contribution in [3.63, 3.8) is 0 Å². The fourth-order valence-corrected chi connectivity index (χ4v) is 1.73. The lowest BCUT2D eigenvalue weighted by Gasteiger charge is -2.05. The predicted octanol–water partition coefficient (Wildman–Crippen LogP) is 4.16. The van der Waals surface area contributed by atoms with Crippen molar-refractivity contribution in [3.05, 3.63) is 52.8 Å². The third kappa shape index (κ3) is 2.17. The third-order valence-corrected chi connectivity index (χ3v) is 2.62. The molecule has 0 heterocycles. The molecular formula is C13H10ClFO. The normalized spacial score (nSPS) is 10.4. The first-order valence-corrected chi connectivity index (χ1v) is 5.20. The summed E-state index contributed by atoms with van der Waals surface area (Å²) < 4.78 is 13.1. The average molecular weight is 237 g/mol. The van der Waals surface area contributed by atoms with Gasteiger partial charge in [-0.2, -0.15) is 0 Å². The molecule has 0 fully saturated rings. The average Bonchev–Trinajstić information content (AvgIpc) is 2.20. The Bertz CT molecular complexity index is 517. The van der Waals surface area contributed by atoms with Crippen molar-refractivity contribution < 1.29 is 9.50 Å². The van der Waals surface area contributed by atoms with E-state index in [9.17, 15) is 9.50 Å². The van der Waals surface area contributed by atoms with Crippen molar-refractivity contribution in [2.24, 2.45) is 0 Å². The van der Waals surface area contributed by atoms with Gasteiger partial charge in [0, 0.05) is 5.02 Å². The van der Waals surface area contributed by atoms with Crippen molar-refractivity contribution >= 4 is 11.6 Å². The molecule has 0 bridgehead atoms. The Hall–Kier alpha value is -1.54. The van der Waals surface area contributed by atoms with E-state index >= 15 is 0 Å². The van der Waals surface area contributed by atoms with Gasteiger partial charge in [0.25, 0.3) is 0 Å². The second-order valence-corrected chi connectivity index (χ2v) is 4.10. The van der Waals surface area contributed by atoms with Gasteiger partial charge in [-0.05, 0) is 47.9 Å². The summed E-state index contributed by atoms with van der Waals surface area (Å²) in [6.45, 7) is 1.80. The first kappa shape index (κ1) is 11.0. The van der Waals surface area contributed by atoms with Crippen LogP contribution in [0.25, 0.3) is 11.1 Å². The van der Waals surface area contributed by atoms with E-state index in [0.717, 1.165) is 11.1 Å². The third-order valence-electron chi connectivity index (χ3n) is 2.41. The molecule has 0 aliphatic carbocycles. The van der Waals surface area contributed by atoms with Gasteiger partial charge in [-0.1, -0.05) is 23.7 Å². The molecule has 1 N–H and O–H groups in total. The van der Waals surface area contributed by atoms with Crippen LogP contribution in [0.3, 0.4) is 0 Å². The standard InChI is InChI=1S/C13H10ClFO/c1-8-2-3-9(6-13(8)16)10-4-11(14)7-12(15)5-10/h2-7,16H,1H3. The lowest BCUT2D eigenvalue weighted by atomic mass is 10.0. The van der Waals surface area contributed by atoms with Crippen molar-refractivity contribution in [2.45, 2.75) is 6.92 Å². The van der Waals surface area contributed by atoms with Crippen LogP contribution in [0, 0.1) is 12.7 Å². The molecule has 0 unspecified atom stereocenters. The van der Waals surface area contributed by atoms with Crippen molar-refractivity contribution in [1.29, 1.82) is 0 Å². The van der Waals surface area contributed by atoms with Crippen LogP contribution in [0.5, 0.6) is 5.75 Å². The smallest absolute Gasteiger partial charge is 0.125 e. The molecule has 3 heteroatoms. The molecule has 0 radical (unpaired) electrons. The van der Waals surface area contributed by atoms with Gasteiger partial charge < -0.3 is 5.11 Å². The number of aryl methyl sites for hydroxylation is 1. The molecule has 0 aliphatic heterocycles. The van der Waals surface area contributed by atoms with Gasteiger partial charge in [0.05, 0.1) is 0 Å². The zero-order valence-electron chi connectivity index (χ0n) is 8.67. The molecule has 2 aromatic carbocycles. The van der Waals surface area contributed by atoms with Crippen LogP contribution >= 0.6 is 11.6 Å². The molecular weight excluding hydrogens is 227 g/mol. The molecule has 82 valence electrons. The highest BCUT2D eigenvalue weighted by atomic mass is 35.5. The zero-order chi connectivity index (χ0) is 11.7. The summed E-state index contributed by atoms with van der Waals surface area (Å²) in [5, 5.41) is 9.92. The van der Waals surface area contributed by atoms with E-state index in [0.29, 0.717) is 10.6 Å². The van der Waals surface area contributed by atoms with Gasteiger partial charge >= 0.3 is 0 Å². The number of halogens is 2. The van der Waals surface area contributed by atoms with Crippen LogP contribution in [0.15, 0.2) is 36.4 Å². The molecule has 0 saturated heterocycles. The van der Waals surface area contributed by atoms with Gasteiger partial charge in [-0.25, -0.2) is 4.39 Å². The van der Waals surface area contributed by atoms with Crippen molar-refractivity contribution in [1.82, 2.24) is 0 Å². The van der Waals surface area contributed by atoms with E-state index in [1.807, 2.05) is 6.07 Å². The molecule has 0 aromatic heterocycles. The summed E-state index contributed by atoms with van der Waals surface area (Å²) in [5.74, 6) is -0.194. The van der Waals surface area contributed by atoms with E-state index in [2.05, 4.69) is 0 Å². The molecule has 2 aromatic rings. The van der Waals surface area contributed by atoms with Gasteiger partial charge in [0.2, 0.25) is 0 Å². The summed E-state index contributed by atoms with van der Waals surface area (Å²) in [5.41, 5.74) is 2.18. The molecule has 0 spiro atoms. The molecule has 0 atom stereocenters. The lowest BCUT2D eigenvalue weighted by Crippen LogP contribution is -1.82. The molecule has 0 aliphatic rings. The summed E-state index contributed by atoms with van der Waals surface area (Å²) in [7, 11) is 0. The number of rotatable bonds is 1. The number of hydrogen-bond donors (Lipinski definition) is 1. The molecule has 0 amide bonds. The quantitative estimate of drug-likeness (QED) is 0.788. The van der Waals surface area contributed by atoms with E-state index in [4.69, 9.17) is 11.6 Å². The minimum absolute atomic E-state index is 0.192. The van der Waals surface area contributed by atoms with Gasteiger partial charge in [-0.3, -0.25) is 0 Å². The van der Waals surface area contributed by atoms with E-state index in [1.54, 1.807) is 25.1 Å².